The summed E-state index contributed by atoms with van der Waals surface area (Å²) in [7, 11) is 0. The van der Waals surface area contributed by atoms with E-state index in [0.29, 0.717) is 0 Å². The van der Waals surface area contributed by atoms with E-state index in [0.717, 1.165) is 12.1 Å². The van der Waals surface area contributed by atoms with Crippen molar-refractivity contribution in [2.24, 2.45) is 0 Å². The standard InChI is InChI=1S/C11H7F3N6/c12-11(13,14)6-2-1-3-7(4-6)20-10-8(18-19-20)9(15)16-5-17-10/h1-5H,(H2,15,16,17). The van der Waals surface area contributed by atoms with Gasteiger partial charge in [-0.2, -0.15) is 17.9 Å². The molecule has 0 saturated carbocycles. The van der Waals surface area contributed by atoms with Crippen LogP contribution < -0.4 is 5.73 Å². The minimum atomic E-state index is -4.43. The highest BCUT2D eigenvalue weighted by Gasteiger charge is 2.30. The molecular formula is C11H7F3N6. The fourth-order valence-electron chi connectivity index (χ4n) is 1.75. The number of anilines is 1. The van der Waals surface area contributed by atoms with Crippen LogP contribution in [0.4, 0.5) is 19.0 Å². The Hall–Kier alpha value is -2.71. The Morgan fingerprint density at radius 1 is 1.15 bits per heavy atom. The van der Waals surface area contributed by atoms with Crippen LogP contribution in [0.5, 0.6) is 0 Å². The van der Waals surface area contributed by atoms with Gasteiger partial charge in [-0.3, -0.25) is 0 Å². The van der Waals surface area contributed by atoms with E-state index in [1.165, 1.54) is 23.1 Å². The number of nitrogen functional groups attached to an aromatic ring is 1. The second-order valence-corrected chi connectivity index (χ2v) is 3.98. The maximum atomic E-state index is 12.7. The lowest BCUT2D eigenvalue weighted by Gasteiger charge is -2.08. The summed E-state index contributed by atoms with van der Waals surface area (Å²) in [5, 5.41) is 7.53. The van der Waals surface area contributed by atoms with Gasteiger partial charge in [-0.1, -0.05) is 11.3 Å². The second kappa shape index (κ2) is 4.15. The molecule has 0 atom stereocenters. The summed E-state index contributed by atoms with van der Waals surface area (Å²) < 4.78 is 39.3. The molecule has 0 fully saturated rings. The third kappa shape index (κ3) is 1.92. The van der Waals surface area contributed by atoms with Crippen LogP contribution in [0.3, 0.4) is 0 Å². The number of hydrogen-bond donors (Lipinski definition) is 1. The van der Waals surface area contributed by atoms with Gasteiger partial charge in [0, 0.05) is 0 Å². The normalized spacial score (nSPS) is 11.9. The number of hydrogen-bond acceptors (Lipinski definition) is 5. The summed E-state index contributed by atoms with van der Waals surface area (Å²) in [6.07, 6.45) is -3.23. The molecule has 6 nitrogen and oxygen atoms in total. The first-order valence-corrected chi connectivity index (χ1v) is 5.46. The number of benzene rings is 1. The lowest BCUT2D eigenvalue weighted by Crippen LogP contribution is -2.07. The summed E-state index contributed by atoms with van der Waals surface area (Å²) in [4.78, 5) is 7.68. The van der Waals surface area contributed by atoms with E-state index < -0.39 is 11.7 Å². The highest BCUT2D eigenvalue weighted by atomic mass is 19.4. The number of aromatic nitrogens is 5. The van der Waals surface area contributed by atoms with Crippen molar-refractivity contribution in [3.05, 3.63) is 36.2 Å². The highest BCUT2D eigenvalue weighted by molar-refractivity contribution is 5.81. The fourth-order valence-corrected chi connectivity index (χ4v) is 1.75. The maximum Gasteiger partial charge on any atom is 0.416 e. The number of nitrogens with zero attached hydrogens (tertiary/aromatic N) is 5. The number of halogens is 3. The molecule has 0 amide bonds. The van der Waals surface area contributed by atoms with Crippen LogP contribution in [0.25, 0.3) is 16.9 Å². The zero-order valence-corrected chi connectivity index (χ0v) is 9.83. The summed E-state index contributed by atoms with van der Waals surface area (Å²) in [6.45, 7) is 0. The number of alkyl halides is 3. The Kier molecular flexibility index (Phi) is 2.56. The zero-order valence-electron chi connectivity index (χ0n) is 9.83. The molecule has 0 spiro atoms. The van der Waals surface area contributed by atoms with Crippen molar-refractivity contribution in [3.8, 4) is 5.69 Å². The predicted octanol–water partition coefficient (Wildman–Crippen LogP) is 1.81. The molecule has 1 aromatic carbocycles. The quantitative estimate of drug-likeness (QED) is 0.735. The first-order chi connectivity index (χ1) is 9.47. The van der Waals surface area contributed by atoms with Crippen molar-refractivity contribution in [3.63, 3.8) is 0 Å². The predicted molar refractivity (Wildman–Crippen MR) is 63.9 cm³/mol. The highest BCUT2D eigenvalue weighted by Crippen LogP contribution is 2.30. The second-order valence-electron chi connectivity index (χ2n) is 3.98. The lowest BCUT2D eigenvalue weighted by molar-refractivity contribution is -0.137. The summed E-state index contributed by atoms with van der Waals surface area (Å²) in [6, 6.07) is 4.70. The van der Waals surface area contributed by atoms with Crippen molar-refractivity contribution in [1.82, 2.24) is 25.0 Å². The van der Waals surface area contributed by atoms with Gasteiger partial charge in [0.05, 0.1) is 11.3 Å². The van der Waals surface area contributed by atoms with E-state index in [1.54, 1.807) is 0 Å². The molecule has 0 aliphatic carbocycles. The smallest absolute Gasteiger partial charge is 0.382 e. The molecule has 0 aliphatic rings. The molecular weight excluding hydrogens is 273 g/mol. The minimum absolute atomic E-state index is 0.119. The molecule has 102 valence electrons. The summed E-state index contributed by atoms with van der Waals surface area (Å²) in [5.41, 5.74) is 5.51. The molecule has 3 rings (SSSR count). The van der Waals surface area contributed by atoms with Crippen molar-refractivity contribution in [2.45, 2.75) is 6.18 Å². The molecule has 0 saturated heterocycles. The largest absolute Gasteiger partial charge is 0.416 e. The van der Waals surface area contributed by atoms with Crippen LogP contribution >= 0.6 is 0 Å². The van der Waals surface area contributed by atoms with Gasteiger partial charge in [0.15, 0.2) is 17.0 Å². The van der Waals surface area contributed by atoms with E-state index >= 15 is 0 Å². The molecule has 0 bridgehead atoms. The van der Waals surface area contributed by atoms with Crippen molar-refractivity contribution >= 4 is 17.0 Å². The van der Waals surface area contributed by atoms with E-state index in [9.17, 15) is 13.2 Å². The fraction of sp³-hybridized carbons (Fsp3) is 0.0909. The molecule has 0 unspecified atom stereocenters. The summed E-state index contributed by atoms with van der Waals surface area (Å²) >= 11 is 0. The number of fused-ring (bicyclic) bond motifs is 1. The van der Waals surface area contributed by atoms with E-state index in [4.69, 9.17) is 5.73 Å². The van der Waals surface area contributed by atoms with Crippen molar-refractivity contribution < 1.29 is 13.2 Å². The molecule has 20 heavy (non-hydrogen) atoms. The topological polar surface area (TPSA) is 82.5 Å². The average molecular weight is 280 g/mol. The Bertz CT molecular complexity index is 779. The van der Waals surface area contributed by atoms with Crippen LogP contribution in [0, 0.1) is 0 Å². The van der Waals surface area contributed by atoms with Gasteiger partial charge in [0.2, 0.25) is 0 Å². The van der Waals surface area contributed by atoms with Gasteiger partial charge in [-0.25, -0.2) is 9.97 Å². The van der Waals surface area contributed by atoms with Crippen LogP contribution in [0.15, 0.2) is 30.6 Å². The van der Waals surface area contributed by atoms with Gasteiger partial charge in [0.25, 0.3) is 0 Å². The molecule has 2 N–H and O–H groups in total. The van der Waals surface area contributed by atoms with Gasteiger partial charge < -0.3 is 5.73 Å². The van der Waals surface area contributed by atoms with E-state index in [2.05, 4.69) is 20.3 Å². The lowest BCUT2D eigenvalue weighted by atomic mass is 10.2. The van der Waals surface area contributed by atoms with E-state index in [1.807, 2.05) is 0 Å². The molecule has 2 aromatic heterocycles. The average Bonchev–Trinajstić information content (AvgIpc) is 2.83. The zero-order chi connectivity index (χ0) is 14.3. The molecule has 0 aliphatic heterocycles. The Morgan fingerprint density at radius 3 is 2.70 bits per heavy atom. The van der Waals surface area contributed by atoms with Gasteiger partial charge in [-0.05, 0) is 18.2 Å². The SMILES string of the molecule is Nc1ncnc2c1nnn2-c1cccc(C(F)(F)F)c1. The Balaban J connectivity index is 2.19. The van der Waals surface area contributed by atoms with Crippen LogP contribution in [0.2, 0.25) is 0 Å². The first kappa shape index (κ1) is 12.3. The van der Waals surface area contributed by atoms with Gasteiger partial charge in [0.1, 0.15) is 6.33 Å². The maximum absolute atomic E-state index is 12.7. The van der Waals surface area contributed by atoms with Crippen molar-refractivity contribution in [1.29, 1.82) is 0 Å². The molecule has 3 aromatic rings. The monoisotopic (exact) mass is 280 g/mol. The van der Waals surface area contributed by atoms with Crippen LogP contribution in [-0.2, 0) is 6.18 Å². The first-order valence-electron chi connectivity index (χ1n) is 5.46. The number of nitrogens with two attached hydrogens (primary N) is 1. The summed E-state index contributed by atoms with van der Waals surface area (Å²) in [5.74, 6) is 0.119. The molecule has 2 heterocycles. The Labute approximate surface area is 110 Å². The Morgan fingerprint density at radius 2 is 1.95 bits per heavy atom. The molecule has 0 radical (unpaired) electrons. The molecule has 9 heteroatoms. The van der Waals surface area contributed by atoms with Gasteiger partial charge >= 0.3 is 6.18 Å². The third-order valence-electron chi connectivity index (χ3n) is 2.68. The third-order valence-corrected chi connectivity index (χ3v) is 2.68. The van der Waals surface area contributed by atoms with Crippen molar-refractivity contribution in [2.75, 3.05) is 5.73 Å². The van der Waals surface area contributed by atoms with Gasteiger partial charge in [-0.15, -0.1) is 5.10 Å². The number of rotatable bonds is 1. The van der Waals surface area contributed by atoms with Crippen LogP contribution in [0.1, 0.15) is 5.56 Å². The van der Waals surface area contributed by atoms with Crippen LogP contribution in [-0.4, -0.2) is 25.0 Å². The van der Waals surface area contributed by atoms with E-state index in [-0.39, 0.29) is 22.7 Å². The minimum Gasteiger partial charge on any atom is -0.382 e.